The Kier molecular flexibility index (Phi) is 4.53. The van der Waals surface area contributed by atoms with E-state index in [1.54, 1.807) is 5.57 Å². The Morgan fingerprint density at radius 1 is 1.11 bits per heavy atom. The zero-order valence-corrected chi connectivity index (χ0v) is 17.4. The van der Waals surface area contributed by atoms with Crippen LogP contribution < -0.4 is 0 Å². The molecule has 4 nitrogen and oxygen atoms in total. The molecule has 6 atom stereocenters. The second kappa shape index (κ2) is 6.83. The summed E-state index contributed by atoms with van der Waals surface area (Å²) in [5.41, 5.74) is 1.98. The van der Waals surface area contributed by atoms with E-state index < -0.39 is 0 Å². The fraction of sp³-hybridized carbons (Fsp3) is 0.750. The van der Waals surface area contributed by atoms with Crippen LogP contribution in [0.3, 0.4) is 0 Å². The van der Waals surface area contributed by atoms with Crippen molar-refractivity contribution in [2.75, 3.05) is 6.61 Å². The van der Waals surface area contributed by atoms with Gasteiger partial charge in [0.25, 0.3) is 0 Å². The molecule has 4 aliphatic rings. The van der Waals surface area contributed by atoms with Crippen molar-refractivity contribution in [2.45, 2.75) is 77.9 Å². The molecule has 3 saturated carbocycles. The first kappa shape index (κ1) is 18.6. The third-order valence-electron chi connectivity index (χ3n) is 9.02. The monoisotopic (exact) mass is 382 g/mol. The van der Waals surface area contributed by atoms with Gasteiger partial charge in [-0.15, -0.1) is 0 Å². The molecule has 5 rings (SSSR count). The third kappa shape index (κ3) is 2.82. The summed E-state index contributed by atoms with van der Waals surface area (Å²) in [6.07, 6.45) is 17.6. The Bertz CT molecular complexity index is 770. The zero-order valence-electron chi connectivity index (χ0n) is 17.4. The van der Waals surface area contributed by atoms with Crippen molar-refractivity contribution in [3.63, 3.8) is 0 Å². The molecule has 0 amide bonds. The largest absolute Gasteiger partial charge is 0.372 e. The molecule has 0 N–H and O–H groups in total. The molecule has 0 bridgehead atoms. The third-order valence-corrected chi connectivity index (χ3v) is 9.02. The Morgan fingerprint density at radius 3 is 2.75 bits per heavy atom. The smallest absolute Gasteiger partial charge is 0.139 e. The normalized spacial score (nSPS) is 42.5. The number of fused-ring (bicyclic) bond motifs is 5. The summed E-state index contributed by atoms with van der Waals surface area (Å²) in [5, 5.41) is 0. The van der Waals surface area contributed by atoms with Gasteiger partial charge in [0, 0.05) is 30.8 Å². The number of ether oxygens (including phenoxy) is 1. The Hall–Kier alpha value is -1.42. The highest BCUT2D eigenvalue weighted by molar-refractivity contribution is 5.87. The van der Waals surface area contributed by atoms with E-state index in [9.17, 15) is 4.79 Å². The lowest BCUT2D eigenvalue weighted by molar-refractivity contribution is -0.132. The summed E-state index contributed by atoms with van der Waals surface area (Å²) >= 11 is 0. The number of Topliss-reactive ketones (excluding diaryl/α,β-unsaturated/α-hetero) is 1. The molecule has 1 heterocycles. The minimum Gasteiger partial charge on any atom is -0.372 e. The van der Waals surface area contributed by atoms with Gasteiger partial charge in [-0.1, -0.05) is 25.5 Å². The van der Waals surface area contributed by atoms with Gasteiger partial charge < -0.3 is 9.30 Å². The van der Waals surface area contributed by atoms with E-state index in [2.05, 4.69) is 29.5 Å². The van der Waals surface area contributed by atoms with E-state index in [0.29, 0.717) is 17.1 Å². The van der Waals surface area contributed by atoms with Gasteiger partial charge in [-0.25, -0.2) is 4.98 Å². The molecule has 1 aromatic rings. The summed E-state index contributed by atoms with van der Waals surface area (Å²) in [4.78, 5) is 16.7. The number of hydrogen-bond acceptors (Lipinski definition) is 3. The highest BCUT2D eigenvalue weighted by Gasteiger charge is 2.58. The second-order valence-corrected chi connectivity index (χ2v) is 10.2. The van der Waals surface area contributed by atoms with Gasteiger partial charge in [0.1, 0.15) is 5.78 Å². The molecule has 3 fully saturated rings. The minimum absolute atomic E-state index is 0.00756. The van der Waals surface area contributed by atoms with E-state index in [4.69, 9.17) is 4.74 Å². The number of carbonyl (C=O) groups excluding carboxylic acids is 1. The molecule has 0 saturated heterocycles. The fourth-order valence-electron chi connectivity index (χ4n) is 7.33. The molecule has 4 aliphatic carbocycles. The summed E-state index contributed by atoms with van der Waals surface area (Å²) in [6, 6.07) is 0. The predicted octanol–water partition coefficient (Wildman–Crippen LogP) is 4.80. The Labute approximate surface area is 168 Å². The highest BCUT2D eigenvalue weighted by atomic mass is 16.5. The van der Waals surface area contributed by atoms with Crippen LogP contribution in [0.25, 0.3) is 0 Å². The molecular formula is C24H34N2O2. The maximum atomic E-state index is 12.6. The number of allylic oxidation sites excluding steroid dienone is 1. The first-order chi connectivity index (χ1) is 13.5. The molecule has 0 aromatic carbocycles. The van der Waals surface area contributed by atoms with Crippen molar-refractivity contribution in [1.82, 2.24) is 9.55 Å². The van der Waals surface area contributed by atoms with Gasteiger partial charge in [0.05, 0.1) is 19.0 Å². The topological polar surface area (TPSA) is 44.1 Å². The summed E-state index contributed by atoms with van der Waals surface area (Å²) in [7, 11) is 0. The summed E-state index contributed by atoms with van der Waals surface area (Å²) in [5.74, 6) is 2.72. The zero-order chi connectivity index (χ0) is 19.4. The molecule has 1 aromatic heterocycles. The summed E-state index contributed by atoms with van der Waals surface area (Å²) < 4.78 is 8.29. The number of rotatable bonds is 4. The summed E-state index contributed by atoms with van der Waals surface area (Å²) in [6.45, 7) is 6.42. The number of carbonyl (C=O) groups is 1. The van der Waals surface area contributed by atoms with Crippen LogP contribution >= 0.6 is 0 Å². The average molecular weight is 383 g/mol. The van der Waals surface area contributed by atoms with Crippen LogP contribution in [0, 0.1) is 28.6 Å². The van der Waals surface area contributed by atoms with Crippen LogP contribution in [-0.4, -0.2) is 28.0 Å². The van der Waals surface area contributed by atoms with E-state index in [-0.39, 0.29) is 11.5 Å². The number of imidazole rings is 1. The van der Waals surface area contributed by atoms with Crippen LogP contribution in [0.4, 0.5) is 0 Å². The first-order valence-electron chi connectivity index (χ1n) is 11.3. The highest BCUT2D eigenvalue weighted by Crippen LogP contribution is 2.64. The number of aromatic nitrogens is 2. The van der Waals surface area contributed by atoms with E-state index in [1.807, 2.05) is 18.7 Å². The first-order valence-corrected chi connectivity index (χ1v) is 11.3. The lowest BCUT2D eigenvalue weighted by Gasteiger charge is -2.57. The van der Waals surface area contributed by atoms with Gasteiger partial charge >= 0.3 is 0 Å². The van der Waals surface area contributed by atoms with Crippen LogP contribution in [0.1, 0.15) is 65.2 Å². The molecule has 28 heavy (non-hydrogen) atoms. The molecule has 0 aliphatic heterocycles. The van der Waals surface area contributed by atoms with E-state index in [0.717, 1.165) is 50.7 Å². The van der Waals surface area contributed by atoms with E-state index in [1.165, 1.54) is 25.7 Å². The Morgan fingerprint density at radius 2 is 1.93 bits per heavy atom. The van der Waals surface area contributed by atoms with Crippen molar-refractivity contribution >= 4 is 5.78 Å². The quantitative estimate of drug-likeness (QED) is 0.703. The lowest BCUT2D eigenvalue weighted by atomic mass is 9.47. The van der Waals surface area contributed by atoms with Crippen molar-refractivity contribution < 1.29 is 9.53 Å². The molecule has 4 heteroatoms. The van der Waals surface area contributed by atoms with Gasteiger partial charge in [-0.3, -0.25) is 4.79 Å². The maximum absolute atomic E-state index is 12.6. The van der Waals surface area contributed by atoms with Gasteiger partial charge in [0.2, 0.25) is 0 Å². The van der Waals surface area contributed by atoms with Crippen LogP contribution in [0.5, 0.6) is 0 Å². The average Bonchev–Trinajstić information content (AvgIpc) is 3.30. The SMILES string of the molecule is CC12CCC3C(CCC4=CC(OCCn5ccnc5)CCC43C)C1CCC2=O. The molecule has 0 radical (unpaired) electrons. The van der Waals surface area contributed by atoms with Crippen molar-refractivity contribution in [3.05, 3.63) is 30.4 Å². The van der Waals surface area contributed by atoms with Crippen molar-refractivity contribution in [3.8, 4) is 0 Å². The minimum atomic E-state index is -0.00756. The predicted molar refractivity (Wildman–Crippen MR) is 109 cm³/mol. The van der Waals surface area contributed by atoms with Crippen molar-refractivity contribution in [1.29, 1.82) is 0 Å². The number of hydrogen-bond donors (Lipinski definition) is 0. The van der Waals surface area contributed by atoms with Gasteiger partial charge in [0.15, 0.2) is 0 Å². The Balaban J connectivity index is 1.28. The number of ketones is 1. The fourth-order valence-corrected chi connectivity index (χ4v) is 7.33. The van der Waals surface area contributed by atoms with Crippen LogP contribution in [-0.2, 0) is 16.1 Å². The van der Waals surface area contributed by atoms with Crippen LogP contribution in [0.2, 0.25) is 0 Å². The second-order valence-electron chi connectivity index (χ2n) is 10.2. The van der Waals surface area contributed by atoms with Crippen LogP contribution in [0.15, 0.2) is 30.4 Å². The van der Waals surface area contributed by atoms with Gasteiger partial charge in [-0.2, -0.15) is 0 Å². The molecule has 6 unspecified atom stereocenters. The number of nitrogens with zero attached hydrogens (tertiary/aromatic N) is 2. The van der Waals surface area contributed by atoms with E-state index >= 15 is 0 Å². The maximum Gasteiger partial charge on any atom is 0.139 e. The lowest BCUT2D eigenvalue weighted by Crippen LogP contribution is -2.50. The molecule has 152 valence electrons. The van der Waals surface area contributed by atoms with Gasteiger partial charge in [-0.05, 0) is 68.1 Å². The molecule has 0 spiro atoms. The standard InChI is InChI=1S/C24H34N2O2/c1-23-9-7-18(28-14-13-26-12-11-25-16-26)15-17(23)3-4-19-20-5-6-22(27)24(20,2)10-8-21(19)23/h11-12,15-16,18-21H,3-10,13-14H2,1-2H3. The molecular weight excluding hydrogens is 348 g/mol. The van der Waals surface area contributed by atoms with Crippen molar-refractivity contribution in [2.24, 2.45) is 28.6 Å².